The van der Waals surface area contributed by atoms with Crippen molar-refractivity contribution in [1.82, 2.24) is 30.0 Å². The van der Waals surface area contributed by atoms with Crippen LogP contribution in [0, 0.1) is 5.92 Å². The van der Waals surface area contributed by atoms with Crippen molar-refractivity contribution in [2.45, 2.75) is 50.6 Å². The third-order valence-electron chi connectivity index (χ3n) is 7.88. The summed E-state index contributed by atoms with van der Waals surface area (Å²) >= 11 is 1.78. The normalized spacial score (nSPS) is 23.9. The van der Waals surface area contributed by atoms with E-state index in [-0.39, 0.29) is 6.04 Å². The predicted molar refractivity (Wildman–Crippen MR) is 144 cm³/mol. The third kappa shape index (κ3) is 4.48. The van der Waals surface area contributed by atoms with Gasteiger partial charge in [-0.1, -0.05) is 13.0 Å². The fourth-order valence-electron chi connectivity index (χ4n) is 5.55. The fraction of sp³-hybridized carbons (Fsp3) is 0.444. The number of amides is 2. The minimum Gasteiger partial charge on any atom is -0.327 e. The van der Waals surface area contributed by atoms with Crippen LogP contribution in [0.4, 0.5) is 5.69 Å². The molecule has 10 heteroatoms. The number of nitrogens with zero attached hydrogens (tertiary/aromatic N) is 5. The average Bonchev–Trinajstić information content (AvgIpc) is 3.49. The molecule has 2 atom stereocenters. The zero-order valence-corrected chi connectivity index (χ0v) is 22.1. The number of aromatic amines is 1. The van der Waals surface area contributed by atoms with Crippen molar-refractivity contribution < 1.29 is 9.59 Å². The maximum absolute atomic E-state index is 13.4. The van der Waals surface area contributed by atoms with E-state index in [9.17, 15) is 9.59 Å². The summed E-state index contributed by atoms with van der Waals surface area (Å²) in [5, 5.41) is 11.6. The molecule has 2 N–H and O–H groups in total. The zero-order valence-electron chi connectivity index (χ0n) is 21.3. The van der Waals surface area contributed by atoms with Gasteiger partial charge in [-0.25, -0.2) is 4.98 Å². The van der Waals surface area contributed by atoms with Gasteiger partial charge in [-0.05, 0) is 63.4 Å². The molecule has 0 unspecified atom stereocenters. The van der Waals surface area contributed by atoms with Crippen molar-refractivity contribution in [1.29, 1.82) is 0 Å². The van der Waals surface area contributed by atoms with Crippen LogP contribution in [-0.4, -0.2) is 68.5 Å². The van der Waals surface area contributed by atoms with Crippen molar-refractivity contribution in [3.05, 3.63) is 47.4 Å². The molecule has 1 aromatic carbocycles. The highest BCUT2D eigenvalue weighted by atomic mass is 32.1. The van der Waals surface area contributed by atoms with Gasteiger partial charge < -0.3 is 15.1 Å². The van der Waals surface area contributed by atoms with Gasteiger partial charge in [-0.3, -0.25) is 19.7 Å². The van der Waals surface area contributed by atoms with E-state index in [4.69, 9.17) is 4.98 Å². The first kappa shape index (κ1) is 24.0. The average molecular weight is 518 g/mol. The van der Waals surface area contributed by atoms with Crippen LogP contribution >= 0.6 is 11.3 Å². The molecule has 3 aromatic heterocycles. The van der Waals surface area contributed by atoms with Gasteiger partial charge in [-0.15, -0.1) is 11.3 Å². The Morgan fingerprint density at radius 1 is 1.16 bits per heavy atom. The summed E-state index contributed by atoms with van der Waals surface area (Å²) in [4.78, 5) is 39.7. The first-order valence-electron chi connectivity index (χ1n) is 12.8. The SMILES string of the molecule is C[C@H]1CC[C@H](c2ccc3sc(C4CC(N(C)C)C4)nc3c2)N(C(=O)C(=O)Nc2cncc3cn[nH]c23)C1. The zero-order chi connectivity index (χ0) is 25.7. The molecule has 4 aromatic rings. The number of fused-ring (bicyclic) bond motifs is 2. The molecule has 0 spiro atoms. The molecule has 0 radical (unpaired) electrons. The minimum atomic E-state index is -0.666. The van der Waals surface area contributed by atoms with Gasteiger partial charge in [-0.2, -0.15) is 5.10 Å². The molecule has 2 aliphatic rings. The first-order valence-corrected chi connectivity index (χ1v) is 13.6. The van der Waals surface area contributed by atoms with Gasteiger partial charge in [0, 0.05) is 30.1 Å². The second-order valence-electron chi connectivity index (χ2n) is 10.7. The van der Waals surface area contributed by atoms with E-state index in [0.717, 1.165) is 42.1 Å². The number of thiazole rings is 1. The van der Waals surface area contributed by atoms with Gasteiger partial charge >= 0.3 is 11.8 Å². The molecule has 0 bridgehead atoms. The Hall–Kier alpha value is -3.37. The van der Waals surface area contributed by atoms with Crippen LogP contribution in [0.1, 0.15) is 55.1 Å². The number of hydrogen-bond acceptors (Lipinski definition) is 7. The predicted octanol–water partition coefficient (Wildman–Crippen LogP) is 4.31. The van der Waals surface area contributed by atoms with E-state index in [0.29, 0.717) is 35.6 Å². The Morgan fingerprint density at radius 3 is 2.81 bits per heavy atom. The molecule has 1 aliphatic carbocycles. The summed E-state index contributed by atoms with van der Waals surface area (Å²) in [5.74, 6) is -0.347. The molecule has 1 aliphatic heterocycles. The summed E-state index contributed by atoms with van der Waals surface area (Å²) in [6, 6.07) is 6.82. The smallest absolute Gasteiger partial charge is 0.314 e. The number of nitrogens with one attached hydrogen (secondary N) is 2. The number of rotatable bonds is 4. The van der Waals surface area contributed by atoms with Gasteiger partial charge in [0.15, 0.2) is 0 Å². The number of anilines is 1. The number of aromatic nitrogens is 4. The molecule has 2 fully saturated rings. The van der Waals surface area contributed by atoms with E-state index in [2.05, 4.69) is 64.6 Å². The Morgan fingerprint density at radius 2 is 2.00 bits per heavy atom. The lowest BCUT2D eigenvalue weighted by Gasteiger charge is -2.38. The molecule has 192 valence electrons. The molecular weight excluding hydrogens is 486 g/mol. The van der Waals surface area contributed by atoms with Gasteiger partial charge in [0.25, 0.3) is 0 Å². The van der Waals surface area contributed by atoms with Crippen LogP contribution in [0.2, 0.25) is 0 Å². The van der Waals surface area contributed by atoms with E-state index in [1.165, 1.54) is 15.9 Å². The monoisotopic (exact) mass is 517 g/mol. The van der Waals surface area contributed by atoms with Crippen molar-refractivity contribution >= 4 is 50.0 Å². The lowest BCUT2D eigenvalue weighted by Crippen LogP contribution is -2.46. The van der Waals surface area contributed by atoms with Crippen LogP contribution in [0.5, 0.6) is 0 Å². The van der Waals surface area contributed by atoms with Gasteiger partial charge in [0.2, 0.25) is 0 Å². The maximum atomic E-state index is 13.4. The summed E-state index contributed by atoms with van der Waals surface area (Å²) in [7, 11) is 4.27. The van der Waals surface area contributed by atoms with E-state index < -0.39 is 11.8 Å². The quantitative estimate of drug-likeness (QED) is 0.391. The highest BCUT2D eigenvalue weighted by Gasteiger charge is 2.36. The number of hydrogen-bond donors (Lipinski definition) is 2. The van der Waals surface area contributed by atoms with Crippen molar-refractivity contribution in [3.8, 4) is 0 Å². The largest absolute Gasteiger partial charge is 0.327 e. The fourth-order valence-corrected chi connectivity index (χ4v) is 6.62. The first-order chi connectivity index (χ1) is 17.9. The summed E-state index contributed by atoms with van der Waals surface area (Å²) in [6.07, 6.45) is 8.94. The lowest BCUT2D eigenvalue weighted by molar-refractivity contribution is -0.146. The molecule has 2 amide bonds. The molecule has 1 saturated carbocycles. The number of carbonyl (C=O) groups is 2. The minimum absolute atomic E-state index is 0.160. The Labute approximate surface area is 219 Å². The molecule has 6 rings (SSSR count). The maximum Gasteiger partial charge on any atom is 0.314 e. The van der Waals surface area contributed by atoms with E-state index >= 15 is 0 Å². The second-order valence-corrected chi connectivity index (χ2v) is 11.8. The molecular formula is C27H31N7O2S. The second kappa shape index (κ2) is 9.50. The van der Waals surface area contributed by atoms with Crippen LogP contribution in [0.25, 0.3) is 21.1 Å². The van der Waals surface area contributed by atoms with Crippen LogP contribution in [0.3, 0.4) is 0 Å². The van der Waals surface area contributed by atoms with Crippen molar-refractivity contribution in [2.24, 2.45) is 5.92 Å². The highest BCUT2D eigenvalue weighted by Crippen LogP contribution is 2.43. The summed E-state index contributed by atoms with van der Waals surface area (Å²) in [6.45, 7) is 2.66. The molecule has 37 heavy (non-hydrogen) atoms. The van der Waals surface area contributed by atoms with Crippen molar-refractivity contribution in [3.63, 3.8) is 0 Å². The number of benzene rings is 1. The van der Waals surface area contributed by atoms with Crippen LogP contribution in [-0.2, 0) is 9.59 Å². The number of pyridine rings is 1. The van der Waals surface area contributed by atoms with E-state index in [1.54, 1.807) is 28.6 Å². The topological polar surface area (TPSA) is 107 Å². The summed E-state index contributed by atoms with van der Waals surface area (Å²) < 4.78 is 1.17. The molecule has 1 saturated heterocycles. The van der Waals surface area contributed by atoms with Crippen LogP contribution < -0.4 is 5.32 Å². The Kier molecular flexibility index (Phi) is 6.16. The third-order valence-corrected chi connectivity index (χ3v) is 9.08. The molecule has 4 heterocycles. The van der Waals surface area contributed by atoms with Gasteiger partial charge in [0.05, 0.1) is 44.9 Å². The van der Waals surface area contributed by atoms with Crippen molar-refractivity contribution in [2.75, 3.05) is 26.0 Å². The van der Waals surface area contributed by atoms with Crippen LogP contribution in [0.15, 0.2) is 36.8 Å². The Bertz CT molecular complexity index is 1470. The molecule has 9 nitrogen and oxygen atoms in total. The lowest BCUT2D eigenvalue weighted by atomic mass is 9.80. The van der Waals surface area contributed by atoms with Gasteiger partial charge in [0.1, 0.15) is 0 Å². The number of carbonyl (C=O) groups excluding carboxylic acids is 2. The highest BCUT2D eigenvalue weighted by molar-refractivity contribution is 7.18. The number of piperidine rings is 1. The number of H-pyrrole nitrogens is 1. The standard InChI is InChI=1S/C27H31N7O2S/c1-15-4-6-22(16-5-7-23-20(10-16)31-26(37-23)17-8-19(9-17)33(2)3)34(14-15)27(36)25(35)30-21-13-28-11-18-12-29-32-24(18)21/h5,7,10-13,15,17,19,22H,4,6,8-9,14H2,1-3H3,(H,29,32)(H,30,35)/t15-,17?,19?,22+/m0/s1. The van der Waals surface area contributed by atoms with E-state index in [1.807, 2.05) is 0 Å². The number of likely N-dealkylation sites (tertiary alicyclic amines) is 1. The summed E-state index contributed by atoms with van der Waals surface area (Å²) in [5.41, 5.74) is 3.11. The Balaban J connectivity index is 1.23.